The molecule has 1 aromatic carbocycles. The molecule has 1 heterocycles. The number of guanidine groups is 1. The van der Waals surface area contributed by atoms with Crippen LogP contribution in [-0.4, -0.2) is 34.1 Å². The summed E-state index contributed by atoms with van der Waals surface area (Å²) in [7, 11) is -3.57. The van der Waals surface area contributed by atoms with Gasteiger partial charge in [-0.15, -0.1) is 0 Å². The Kier molecular flexibility index (Phi) is 5.42. The predicted octanol–water partition coefficient (Wildman–Crippen LogP) is 2.30. The number of hydrogen-bond acceptors (Lipinski definition) is 4. The minimum absolute atomic E-state index is 0.265. The second-order valence-electron chi connectivity index (χ2n) is 5.42. The highest BCUT2D eigenvalue weighted by molar-refractivity contribution is 7.90. The van der Waals surface area contributed by atoms with Crippen molar-refractivity contribution in [3.05, 3.63) is 23.8 Å². The summed E-state index contributed by atoms with van der Waals surface area (Å²) >= 11 is 0. The van der Waals surface area contributed by atoms with Crippen LogP contribution in [0.4, 0.5) is 5.69 Å². The van der Waals surface area contributed by atoms with Crippen LogP contribution in [0.15, 0.2) is 28.1 Å². The van der Waals surface area contributed by atoms with Crippen LogP contribution in [0.5, 0.6) is 0 Å². The number of aliphatic imine (C=N–C) groups is 1. The monoisotopic (exact) mass is 325 g/mol. The lowest BCUT2D eigenvalue weighted by Gasteiger charge is -2.22. The Bertz CT molecular complexity index is 654. The van der Waals surface area contributed by atoms with Crippen molar-refractivity contribution in [1.82, 2.24) is 4.72 Å². The Morgan fingerprint density at radius 3 is 2.77 bits per heavy atom. The van der Waals surface area contributed by atoms with E-state index in [2.05, 4.69) is 15.0 Å². The van der Waals surface area contributed by atoms with Crippen LogP contribution < -0.4 is 10.0 Å². The summed E-state index contributed by atoms with van der Waals surface area (Å²) in [5, 5.41) is 3.03. The smallest absolute Gasteiger partial charge is 0.266 e. The van der Waals surface area contributed by atoms with Gasteiger partial charge in [-0.1, -0.05) is 19.9 Å². The second kappa shape index (κ2) is 7.11. The maximum atomic E-state index is 12.3. The zero-order chi connectivity index (χ0) is 16.2. The van der Waals surface area contributed by atoms with Gasteiger partial charge in [0.05, 0.1) is 5.69 Å². The molecular formula is C15H23N3O3S. The van der Waals surface area contributed by atoms with E-state index in [1.807, 2.05) is 26.8 Å². The van der Waals surface area contributed by atoms with E-state index in [-0.39, 0.29) is 16.8 Å². The molecule has 122 valence electrons. The van der Waals surface area contributed by atoms with Gasteiger partial charge < -0.3 is 10.1 Å². The summed E-state index contributed by atoms with van der Waals surface area (Å²) in [5.41, 5.74) is 1.55. The van der Waals surface area contributed by atoms with Gasteiger partial charge in [-0.3, -0.25) is 4.99 Å². The highest BCUT2D eigenvalue weighted by Gasteiger charge is 2.26. The molecule has 0 amide bonds. The Morgan fingerprint density at radius 2 is 2.09 bits per heavy atom. The van der Waals surface area contributed by atoms with E-state index in [4.69, 9.17) is 4.74 Å². The van der Waals surface area contributed by atoms with Crippen LogP contribution >= 0.6 is 0 Å². The molecule has 0 aromatic heterocycles. The summed E-state index contributed by atoms with van der Waals surface area (Å²) in [6.45, 7) is 7.79. The summed E-state index contributed by atoms with van der Waals surface area (Å²) in [6.07, 6.45) is 0.750. The van der Waals surface area contributed by atoms with E-state index >= 15 is 0 Å². The fourth-order valence-electron chi connectivity index (χ4n) is 2.13. The minimum atomic E-state index is -3.57. The van der Waals surface area contributed by atoms with Gasteiger partial charge in [0.15, 0.2) is 0 Å². The normalized spacial score (nSPS) is 17.9. The zero-order valence-electron chi connectivity index (χ0n) is 13.2. The van der Waals surface area contributed by atoms with Crippen molar-refractivity contribution in [2.75, 3.05) is 25.1 Å². The standard InChI is InChI=1S/C15H23N3O3S/c1-4-21-9-5-8-16-15-17-13-7-6-12(11(2)3)10-14(13)22(19,20)18-15/h6-7,10-11H,4-5,8-9H2,1-3H3,(H2,16,17,18). The molecule has 2 rings (SSSR count). The van der Waals surface area contributed by atoms with Gasteiger partial charge in [0.2, 0.25) is 5.96 Å². The van der Waals surface area contributed by atoms with Crippen LogP contribution in [0.2, 0.25) is 0 Å². The van der Waals surface area contributed by atoms with E-state index in [0.717, 1.165) is 12.0 Å². The summed E-state index contributed by atoms with van der Waals surface area (Å²) in [5.74, 6) is 0.537. The van der Waals surface area contributed by atoms with Crippen molar-refractivity contribution >= 4 is 21.7 Å². The number of hydrogen-bond donors (Lipinski definition) is 2. The third-order valence-corrected chi connectivity index (χ3v) is 4.75. The molecule has 0 spiro atoms. The SMILES string of the molecule is CCOCCCN=C1Nc2ccc(C(C)C)cc2S(=O)(=O)N1. The number of sulfonamides is 1. The largest absolute Gasteiger partial charge is 0.382 e. The molecule has 0 bridgehead atoms. The van der Waals surface area contributed by atoms with Gasteiger partial charge in [-0.05, 0) is 37.0 Å². The number of nitrogens with one attached hydrogen (secondary N) is 2. The lowest BCUT2D eigenvalue weighted by molar-refractivity contribution is 0.146. The zero-order valence-corrected chi connectivity index (χ0v) is 14.0. The first kappa shape index (κ1) is 16.8. The number of fused-ring (bicyclic) bond motifs is 1. The van der Waals surface area contributed by atoms with Crippen molar-refractivity contribution in [2.45, 2.75) is 38.0 Å². The third-order valence-electron chi connectivity index (χ3n) is 3.37. The molecule has 0 aliphatic carbocycles. The highest BCUT2D eigenvalue weighted by Crippen LogP contribution is 2.28. The molecule has 2 N–H and O–H groups in total. The molecule has 0 atom stereocenters. The van der Waals surface area contributed by atoms with Crippen molar-refractivity contribution in [2.24, 2.45) is 4.99 Å². The maximum absolute atomic E-state index is 12.3. The van der Waals surface area contributed by atoms with Gasteiger partial charge in [-0.2, -0.15) is 0 Å². The quantitative estimate of drug-likeness (QED) is 0.787. The predicted molar refractivity (Wildman–Crippen MR) is 87.9 cm³/mol. The van der Waals surface area contributed by atoms with Crippen LogP contribution in [0.3, 0.4) is 0 Å². The first-order valence-corrected chi connectivity index (χ1v) is 8.98. The minimum Gasteiger partial charge on any atom is -0.382 e. The van der Waals surface area contributed by atoms with Crippen molar-refractivity contribution in [3.8, 4) is 0 Å². The molecule has 0 saturated heterocycles. The van der Waals surface area contributed by atoms with Crippen LogP contribution in [0, 0.1) is 0 Å². The number of rotatable bonds is 6. The lowest BCUT2D eigenvalue weighted by atomic mass is 10.0. The van der Waals surface area contributed by atoms with Gasteiger partial charge >= 0.3 is 0 Å². The Morgan fingerprint density at radius 1 is 1.32 bits per heavy atom. The average Bonchev–Trinajstić information content (AvgIpc) is 2.46. The van der Waals surface area contributed by atoms with Gasteiger partial charge in [0.1, 0.15) is 4.90 Å². The van der Waals surface area contributed by atoms with E-state index < -0.39 is 10.0 Å². The number of nitrogens with zero attached hydrogens (tertiary/aromatic N) is 1. The van der Waals surface area contributed by atoms with Gasteiger partial charge in [-0.25, -0.2) is 13.1 Å². The van der Waals surface area contributed by atoms with E-state index in [0.29, 0.717) is 25.4 Å². The highest BCUT2D eigenvalue weighted by atomic mass is 32.2. The first-order valence-electron chi connectivity index (χ1n) is 7.50. The molecule has 1 aliphatic rings. The second-order valence-corrected chi connectivity index (χ2v) is 7.07. The third kappa shape index (κ3) is 3.98. The van der Waals surface area contributed by atoms with E-state index in [1.165, 1.54) is 0 Å². The Labute approximate surface area is 132 Å². The number of anilines is 1. The van der Waals surface area contributed by atoms with Crippen LogP contribution in [0.1, 0.15) is 38.7 Å². The molecule has 1 aliphatic heterocycles. The van der Waals surface area contributed by atoms with Crippen molar-refractivity contribution < 1.29 is 13.2 Å². The van der Waals surface area contributed by atoms with Crippen molar-refractivity contribution in [1.29, 1.82) is 0 Å². The molecule has 6 nitrogen and oxygen atoms in total. The van der Waals surface area contributed by atoms with Crippen molar-refractivity contribution in [3.63, 3.8) is 0 Å². The number of ether oxygens (including phenoxy) is 1. The first-order chi connectivity index (χ1) is 10.4. The molecule has 0 saturated carbocycles. The topological polar surface area (TPSA) is 79.8 Å². The lowest BCUT2D eigenvalue weighted by Crippen LogP contribution is -2.41. The molecular weight excluding hydrogens is 302 g/mol. The average molecular weight is 325 g/mol. The summed E-state index contributed by atoms with van der Waals surface area (Å²) in [6, 6.07) is 5.43. The fourth-order valence-corrected chi connectivity index (χ4v) is 3.31. The van der Waals surface area contributed by atoms with Gasteiger partial charge in [0, 0.05) is 19.8 Å². The van der Waals surface area contributed by atoms with Crippen LogP contribution in [-0.2, 0) is 14.8 Å². The summed E-state index contributed by atoms with van der Waals surface area (Å²) < 4.78 is 32.4. The van der Waals surface area contributed by atoms with Crippen LogP contribution in [0.25, 0.3) is 0 Å². The van der Waals surface area contributed by atoms with E-state index in [9.17, 15) is 8.42 Å². The Balaban J connectivity index is 2.15. The molecule has 0 radical (unpaired) electrons. The Hall–Kier alpha value is -1.60. The molecule has 1 aromatic rings. The summed E-state index contributed by atoms with van der Waals surface area (Å²) in [4.78, 5) is 4.51. The molecule has 22 heavy (non-hydrogen) atoms. The molecule has 7 heteroatoms. The fraction of sp³-hybridized carbons (Fsp3) is 0.533. The van der Waals surface area contributed by atoms with Gasteiger partial charge in [0.25, 0.3) is 10.0 Å². The molecule has 0 fully saturated rings. The number of benzene rings is 1. The molecule has 0 unspecified atom stereocenters. The van der Waals surface area contributed by atoms with E-state index in [1.54, 1.807) is 12.1 Å². The maximum Gasteiger partial charge on any atom is 0.266 e.